The number of carbonyl (C=O) groups is 2. The van der Waals surface area contributed by atoms with Crippen molar-refractivity contribution in [2.45, 2.75) is 12.8 Å². The third kappa shape index (κ3) is 5.97. The number of furan rings is 1. The Balaban J connectivity index is 1.77. The Bertz CT molecular complexity index is 733. The van der Waals surface area contributed by atoms with Crippen LogP contribution < -0.4 is 10.1 Å². The maximum Gasteiger partial charge on any atom is 0.318 e. The van der Waals surface area contributed by atoms with E-state index in [1.54, 1.807) is 30.3 Å². The van der Waals surface area contributed by atoms with Gasteiger partial charge in [-0.2, -0.15) is 0 Å². The highest BCUT2D eigenvalue weighted by Gasteiger charge is 2.28. The maximum atomic E-state index is 12.3. The van der Waals surface area contributed by atoms with Gasteiger partial charge in [0.25, 0.3) is 0 Å². The van der Waals surface area contributed by atoms with Gasteiger partial charge in [-0.05, 0) is 36.8 Å². The molecule has 0 spiro atoms. The van der Waals surface area contributed by atoms with Crippen molar-refractivity contribution >= 4 is 35.1 Å². The van der Waals surface area contributed by atoms with Gasteiger partial charge in [-0.15, -0.1) is 0 Å². The summed E-state index contributed by atoms with van der Waals surface area (Å²) in [4.78, 5) is 24.1. The number of amides is 1. The van der Waals surface area contributed by atoms with Crippen LogP contribution >= 0.6 is 23.2 Å². The van der Waals surface area contributed by atoms with E-state index in [4.69, 9.17) is 37.1 Å². The number of nitrogens with one attached hydrogen (secondary N) is 1. The second kappa shape index (κ2) is 10.1. The number of benzene rings is 1. The van der Waals surface area contributed by atoms with Crippen molar-refractivity contribution in [3.63, 3.8) is 0 Å². The van der Waals surface area contributed by atoms with E-state index >= 15 is 0 Å². The summed E-state index contributed by atoms with van der Waals surface area (Å²) in [5.41, 5.74) is 0. The monoisotopic (exact) mass is 399 g/mol. The highest BCUT2D eigenvalue weighted by molar-refractivity contribution is 6.35. The topological polar surface area (TPSA) is 77.8 Å². The molecule has 140 valence electrons. The van der Waals surface area contributed by atoms with Gasteiger partial charge in [0.1, 0.15) is 17.4 Å². The molecule has 0 saturated heterocycles. The molecule has 1 aromatic heterocycles. The number of halogens is 2. The molecule has 6 nitrogen and oxygen atoms in total. The first-order valence-corrected chi connectivity index (χ1v) is 8.72. The third-order valence-corrected chi connectivity index (χ3v) is 4.09. The molecule has 1 atom stereocenters. The summed E-state index contributed by atoms with van der Waals surface area (Å²) in [6.45, 7) is 0.693. The van der Waals surface area contributed by atoms with Crippen molar-refractivity contribution < 1.29 is 23.5 Å². The van der Waals surface area contributed by atoms with Gasteiger partial charge in [-0.3, -0.25) is 9.59 Å². The van der Waals surface area contributed by atoms with Gasteiger partial charge in [0.15, 0.2) is 0 Å². The van der Waals surface area contributed by atoms with Crippen molar-refractivity contribution in [2.24, 2.45) is 5.92 Å². The minimum Gasteiger partial charge on any atom is -0.492 e. The molecule has 1 amide bonds. The van der Waals surface area contributed by atoms with Crippen LogP contribution in [0.4, 0.5) is 0 Å². The summed E-state index contributed by atoms with van der Waals surface area (Å²) in [5.74, 6) is -0.928. The van der Waals surface area contributed by atoms with Gasteiger partial charge >= 0.3 is 5.97 Å². The molecule has 0 unspecified atom stereocenters. The quantitative estimate of drug-likeness (QED) is 0.396. The summed E-state index contributed by atoms with van der Waals surface area (Å²) in [6, 6.07) is 8.35. The number of rotatable bonds is 9. The van der Waals surface area contributed by atoms with Gasteiger partial charge in [-0.1, -0.05) is 23.2 Å². The minimum absolute atomic E-state index is 0.141. The van der Waals surface area contributed by atoms with Gasteiger partial charge in [0, 0.05) is 18.0 Å². The molecule has 0 aliphatic heterocycles. The Morgan fingerprint density at radius 1 is 1.27 bits per heavy atom. The molecule has 2 aromatic rings. The zero-order valence-corrected chi connectivity index (χ0v) is 15.7. The molecule has 26 heavy (non-hydrogen) atoms. The van der Waals surface area contributed by atoms with Crippen LogP contribution in [-0.4, -0.2) is 32.1 Å². The molecular weight excluding hydrogens is 381 g/mol. The Kier molecular flexibility index (Phi) is 7.81. The molecule has 8 heteroatoms. The van der Waals surface area contributed by atoms with Crippen LogP contribution in [0.3, 0.4) is 0 Å². The molecular formula is C18H19Cl2NO5. The Hall–Kier alpha value is -2.18. The molecule has 1 heterocycles. The van der Waals surface area contributed by atoms with E-state index in [1.165, 1.54) is 13.4 Å². The fourth-order valence-corrected chi connectivity index (χ4v) is 2.70. The second-order valence-corrected chi connectivity index (χ2v) is 6.27. The van der Waals surface area contributed by atoms with Crippen LogP contribution in [0, 0.1) is 5.92 Å². The average Bonchev–Trinajstić information content (AvgIpc) is 3.13. The van der Waals surface area contributed by atoms with Crippen LogP contribution in [0.1, 0.15) is 12.2 Å². The van der Waals surface area contributed by atoms with Crippen LogP contribution in [0.25, 0.3) is 0 Å². The Labute approximate surface area is 161 Å². The lowest BCUT2D eigenvalue weighted by molar-refractivity contribution is -0.150. The second-order valence-electron chi connectivity index (χ2n) is 5.43. The normalized spacial score (nSPS) is 11.7. The molecule has 1 aromatic carbocycles. The summed E-state index contributed by atoms with van der Waals surface area (Å²) in [6.07, 6.45) is 2.17. The molecule has 0 fully saturated rings. The Morgan fingerprint density at radius 3 is 2.73 bits per heavy atom. The summed E-state index contributed by atoms with van der Waals surface area (Å²) in [7, 11) is 1.24. The van der Waals surface area contributed by atoms with E-state index in [2.05, 4.69) is 5.32 Å². The number of hydrogen-bond acceptors (Lipinski definition) is 5. The first-order valence-electron chi connectivity index (χ1n) is 7.97. The zero-order chi connectivity index (χ0) is 18.9. The van der Waals surface area contributed by atoms with Crippen molar-refractivity contribution in [1.82, 2.24) is 5.32 Å². The smallest absolute Gasteiger partial charge is 0.318 e. The SMILES string of the molecule is COC(=O)[C@@H](Cc1ccco1)C(=O)NCCCOc1ccc(Cl)cc1Cl. The van der Waals surface area contributed by atoms with E-state index in [0.717, 1.165) is 0 Å². The first-order chi connectivity index (χ1) is 12.5. The van der Waals surface area contributed by atoms with Crippen molar-refractivity contribution in [3.05, 3.63) is 52.4 Å². The van der Waals surface area contributed by atoms with E-state index in [-0.39, 0.29) is 6.42 Å². The number of esters is 1. The number of carbonyl (C=O) groups excluding carboxylic acids is 2. The van der Waals surface area contributed by atoms with E-state index in [0.29, 0.717) is 41.1 Å². The minimum atomic E-state index is -0.960. The lowest BCUT2D eigenvalue weighted by Gasteiger charge is -2.14. The summed E-state index contributed by atoms with van der Waals surface area (Å²) < 4.78 is 15.4. The molecule has 0 aliphatic carbocycles. The molecule has 2 rings (SSSR count). The van der Waals surface area contributed by atoms with Crippen LogP contribution in [0.2, 0.25) is 10.0 Å². The first kappa shape index (κ1) is 20.1. The zero-order valence-electron chi connectivity index (χ0n) is 14.2. The fourth-order valence-electron chi connectivity index (χ4n) is 2.24. The van der Waals surface area contributed by atoms with Gasteiger partial charge < -0.3 is 19.2 Å². The highest BCUT2D eigenvalue weighted by atomic mass is 35.5. The third-order valence-electron chi connectivity index (χ3n) is 3.56. The van der Waals surface area contributed by atoms with Crippen molar-refractivity contribution in [3.8, 4) is 5.75 Å². The highest BCUT2D eigenvalue weighted by Crippen LogP contribution is 2.27. The van der Waals surface area contributed by atoms with Crippen molar-refractivity contribution in [1.29, 1.82) is 0 Å². The predicted octanol–water partition coefficient (Wildman–Crippen LogP) is 3.50. The molecule has 0 saturated carbocycles. The van der Waals surface area contributed by atoms with Gasteiger partial charge in [-0.25, -0.2) is 0 Å². The standard InChI is InChI=1S/C18H19Cl2NO5/c1-24-18(23)14(11-13-4-2-8-25-13)17(22)21-7-3-9-26-16-6-5-12(19)10-15(16)20/h2,4-6,8,10,14H,3,7,9,11H2,1H3,(H,21,22)/t14-/m0/s1. The van der Waals surface area contributed by atoms with Crippen LogP contribution in [0.5, 0.6) is 5.75 Å². The van der Waals surface area contributed by atoms with E-state index < -0.39 is 17.8 Å². The maximum absolute atomic E-state index is 12.3. The summed E-state index contributed by atoms with van der Waals surface area (Å²) >= 11 is 11.8. The Morgan fingerprint density at radius 2 is 2.08 bits per heavy atom. The predicted molar refractivity (Wildman–Crippen MR) is 97.5 cm³/mol. The number of methoxy groups -OCH3 is 1. The average molecular weight is 400 g/mol. The largest absolute Gasteiger partial charge is 0.492 e. The van der Waals surface area contributed by atoms with E-state index in [1.807, 2.05) is 0 Å². The van der Waals surface area contributed by atoms with Gasteiger partial charge in [0.2, 0.25) is 5.91 Å². The molecule has 0 bridgehead atoms. The van der Waals surface area contributed by atoms with Crippen LogP contribution in [-0.2, 0) is 20.7 Å². The molecule has 0 aliphatic rings. The number of hydrogen-bond donors (Lipinski definition) is 1. The van der Waals surface area contributed by atoms with Crippen LogP contribution in [0.15, 0.2) is 41.0 Å². The molecule has 0 radical (unpaired) electrons. The van der Waals surface area contributed by atoms with Gasteiger partial charge in [0.05, 0.1) is 25.0 Å². The van der Waals surface area contributed by atoms with E-state index in [9.17, 15) is 9.59 Å². The molecule has 1 N–H and O–H groups in total. The lowest BCUT2D eigenvalue weighted by atomic mass is 10.0. The number of ether oxygens (including phenoxy) is 2. The lowest BCUT2D eigenvalue weighted by Crippen LogP contribution is -2.38. The van der Waals surface area contributed by atoms with Crippen molar-refractivity contribution in [2.75, 3.05) is 20.3 Å². The fraction of sp³-hybridized carbons (Fsp3) is 0.333. The summed E-state index contributed by atoms with van der Waals surface area (Å²) in [5, 5.41) is 3.65.